The van der Waals surface area contributed by atoms with E-state index in [9.17, 15) is 4.79 Å². The van der Waals surface area contributed by atoms with Crippen molar-refractivity contribution < 1.29 is 19.0 Å². The number of aromatic nitrogens is 2. The molecular formula is C27H36N4O4. The number of hydrogen-bond donors (Lipinski definition) is 2. The van der Waals surface area contributed by atoms with Crippen molar-refractivity contribution >= 4 is 16.9 Å². The molecule has 0 unspecified atom stereocenters. The van der Waals surface area contributed by atoms with Crippen LogP contribution in [0.4, 0.5) is 0 Å². The molecule has 1 aliphatic rings. The second-order valence-electron chi connectivity index (χ2n) is 8.94. The van der Waals surface area contributed by atoms with Gasteiger partial charge in [0.1, 0.15) is 22.8 Å². The van der Waals surface area contributed by atoms with E-state index in [0.717, 1.165) is 66.9 Å². The molecule has 0 bridgehead atoms. The van der Waals surface area contributed by atoms with Gasteiger partial charge in [-0.05, 0) is 69.3 Å². The van der Waals surface area contributed by atoms with E-state index in [-0.39, 0.29) is 12.0 Å². The van der Waals surface area contributed by atoms with Crippen LogP contribution in [0.2, 0.25) is 0 Å². The summed E-state index contributed by atoms with van der Waals surface area (Å²) in [5.41, 5.74) is 2.31. The standard InChI is InChI=1S/C27H36N4O4/c1-3-13-31(2)14-17-35-25-10-16-34-24-9-8-21(19-22(24)25)33-15-5-4-11-29-27(32)23-18-20-7-6-12-28-26(20)30-23/h6-9,12,18-19,25H,3-5,10-11,13-17H2,1-2H3,(H,28,30)(H,29,32)/t25-/m0/s1. The number of carbonyl (C=O) groups excluding carboxylic acids is 1. The topological polar surface area (TPSA) is 88.7 Å². The third-order valence-electron chi connectivity index (χ3n) is 6.12. The van der Waals surface area contributed by atoms with Crippen LogP contribution in [0, 0.1) is 0 Å². The van der Waals surface area contributed by atoms with E-state index in [1.165, 1.54) is 0 Å². The molecule has 8 heteroatoms. The number of hydrogen-bond acceptors (Lipinski definition) is 6. The van der Waals surface area contributed by atoms with E-state index < -0.39 is 0 Å². The molecule has 1 amide bonds. The van der Waals surface area contributed by atoms with E-state index >= 15 is 0 Å². The summed E-state index contributed by atoms with van der Waals surface area (Å²) < 4.78 is 18.0. The molecule has 0 aliphatic carbocycles. The van der Waals surface area contributed by atoms with Crippen LogP contribution in [-0.2, 0) is 4.74 Å². The number of pyridine rings is 1. The van der Waals surface area contributed by atoms with Crippen molar-refractivity contribution in [3.63, 3.8) is 0 Å². The van der Waals surface area contributed by atoms with Gasteiger partial charge in [0.15, 0.2) is 0 Å². The Bertz CT molecular complexity index is 1070. The number of H-pyrrole nitrogens is 1. The molecule has 1 aliphatic heterocycles. The van der Waals surface area contributed by atoms with Crippen LogP contribution < -0.4 is 14.8 Å². The molecule has 188 valence electrons. The molecule has 2 aromatic heterocycles. The Morgan fingerprint density at radius 1 is 1.23 bits per heavy atom. The van der Waals surface area contributed by atoms with Crippen molar-refractivity contribution in [3.05, 3.63) is 53.9 Å². The number of unbranched alkanes of at least 4 members (excludes halogenated alkanes) is 1. The molecule has 1 aromatic carbocycles. The summed E-state index contributed by atoms with van der Waals surface area (Å²) in [6.45, 7) is 6.73. The zero-order valence-electron chi connectivity index (χ0n) is 20.7. The molecule has 8 nitrogen and oxygen atoms in total. The summed E-state index contributed by atoms with van der Waals surface area (Å²) in [5, 5.41) is 3.88. The zero-order chi connectivity index (χ0) is 24.5. The van der Waals surface area contributed by atoms with Crippen LogP contribution in [0.1, 0.15) is 54.8 Å². The fourth-order valence-corrected chi connectivity index (χ4v) is 4.24. The Labute approximate surface area is 207 Å². The average Bonchev–Trinajstić information content (AvgIpc) is 3.31. The van der Waals surface area contributed by atoms with Gasteiger partial charge in [-0.25, -0.2) is 4.98 Å². The van der Waals surface area contributed by atoms with Gasteiger partial charge in [0.05, 0.1) is 25.9 Å². The van der Waals surface area contributed by atoms with E-state index in [4.69, 9.17) is 14.2 Å². The van der Waals surface area contributed by atoms with E-state index in [1.807, 2.05) is 36.4 Å². The monoisotopic (exact) mass is 480 g/mol. The second kappa shape index (κ2) is 12.6. The largest absolute Gasteiger partial charge is 0.494 e. The van der Waals surface area contributed by atoms with E-state index in [2.05, 4.69) is 34.2 Å². The lowest BCUT2D eigenvalue weighted by Crippen LogP contribution is -2.26. The number of aromatic amines is 1. The first-order valence-corrected chi connectivity index (χ1v) is 12.6. The van der Waals surface area contributed by atoms with Crippen molar-refractivity contribution in [1.29, 1.82) is 0 Å². The molecule has 0 saturated carbocycles. The van der Waals surface area contributed by atoms with Crippen LogP contribution in [-0.4, -0.2) is 67.3 Å². The quantitative estimate of drug-likeness (QED) is 0.354. The lowest BCUT2D eigenvalue weighted by atomic mass is 10.0. The van der Waals surface area contributed by atoms with Crippen molar-refractivity contribution in [2.24, 2.45) is 0 Å². The van der Waals surface area contributed by atoms with Gasteiger partial charge < -0.3 is 29.4 Å². The molecular weight excluding hydrogens is 444 g/mol. The number of ether oxygens (including phenoxy) is 3. The first-order chi connectivity index (χ1) is 17.1. The Morgan fingerprint density at radius 3 is 3.00 bits per heavy atom. The van der Waals surface area contributed by atoms with Crippen LogP contribution in [0.5, 0.6) is 11.5 Å². The van der Waals surface area contributed by atoms with Crippen LogP contribution >= 0.6 is 0 Å². The maximum absolute atomic E-state index is 12.4. The zero-order valence-corrected chi connectivity index (χ0v) is 20.7. The van der Waals surface area contributed by atoms with E-state index in [1.54, 1.807) is 6.20 Å². The number of likely N-dealkylation sites (N-methyl/N-ethyl adjacent to an activating group) is 1. The van der Waals surface area contributed by atoms with Crippen molar-refractivity contribution in [3.8, 4) is 11.5 Å². The highest BCUT2D eigenvalue weighted by Gasteiger charge is 2.23. The molecule has 0 spiro atoms. The Kier molecular flexibility index (Phi) is 8.97. The van der Waals surface area contributed by atoms with Crippen LogP contribution in [0.25, 0.3) is 11.0 Å². The predicted octanol–water partition coefficient (Wildman–Crippen LogP) is 4.33. The van der Waals surface area contributed by atoms with Crippen molar-refractivity contribution in [2.45, 2.75) is 38.7 Å². The molecule has 3 heterocycles. The maximum atomic E-state index is 12.4. The summed E-state index contributed by atoms with van der Waals surface area (Å²) in [6, 6.07) is 11.6. The highest BCUT2D eigenvalue weighted by Crippen LogP contribution is 2.36. The van der Waals surface area contributed by atoms with Crippen LogP contribution in [0.3, 0.4) is 0 Å². The van der Waals surface area contributed by atoms with Gasteiger partial charge >= 0.3 is 0 Å². The Balaban J connectivity index is 1.18. The van der Waals surface area contributed by atoms with Gasteiger partial charge in [-0.15, -0.1) is 0 Å². The lowest BCUT2D eigenvalue weighted by molar-refractivity contribution is 0.0150. The van der Waals surface area contributed by atoms with Crippen molar-refractivity contribution in [1.82, 2.24) is 20.2 Å². The molecule has 4 rings (SSSR count). The minimum atomic E-state index is -0.120. The number of fused-ring (bicyclic) bond motifs is 2. The van der Waals surface area contributed by atoms with Gasteiger partial charge in [0.25, 0.3) is 5.91 Å². The average molecular weight is 481 g/mol. The highest BCUT2D eigenvalue weighted by molar-refractivity contribution is 5.97. The van der Waals surface area contributed by atoms with Crippen LogP contribution in [0.15, 0.2) is 42.6 Å². The second-order valence-corrected chi connectivity index (χ2v) is 8.94. The number of carbonyl (C=O) groups is 1. The normalized spacial score (nSPS) is 15.1. The minimum Gasteiger partial charge on any atom is -0.494 e. The Hall–Kier alpha value is -3.10. The van der Waals surface area contributed by atoms with Crippen molar-refractivity contribution in [2.75, 3.05) is 46.5 Å². The third-order valence-corrected chi connectivity index (χ3v) is 6.12. The first kappa shape index (κ1) is 25.0. The summed E-state index contributed by atoms with van der Waals surface area (Å²) in [7, 11) is 2.13. The van der Waals surface area contributed by atoms with E-state index in [0.29, 0.717) is 32.1 Å². The number of rotatable bonds is 13. The molecule has 0 radical (unpaired) electrons. The molecule has 3 aromatic rings. The SMILES string of the molecule is CCCN(C)CCO[C@H]1CCOc2ccc(OCCCCNC(=O)c3cc4cccnc4[nH]3)cc21. The summed E-state index contributed by atoms with van der Waals surface area (Å²) in [4.78, 5) is 21.9. The number of nitrogens with zero attached hydrogens (tertiary/aromatic N) is 2. The third kappa shape index (κ3) is 6.96. The molecule has 2 N–H and O–H groups in total. The maximum Gasteiger partial charge on any atom is 0.267 e. The number of benzene rings is 1. The summed E-state index contributed by atoms with van der Waals surface area (Å²) in [5.74, 6) is 1.58. The van der Waals surface area contributed by atoms with Gasteiger partial charge in [0.2, 0.25) is 0 Å². The van der Waals surface area contributed by atoms with Gasteiger partial charge in [-0.3, -0.25) is 4.79 Å². The minimum absolute atomic E-state index is 0.0346. The number of amides is 1. The van der Waals surface area contributed by atoms with Gasteiger partial charge in [0, 0.05) is 36.7 Å². The summed E-state index contributed by atoms with van der Waals surface area (Å²) >= 11 is 0. The lowest BCUT2D eigenvalue weighted by Gasteiger charge is -2.27. The molecule has 1 atom stereocenters. The molecule has 35 heavy (non-hydrogen) atoms. The predicted molar refractivity (Wildman–Crippen MR) is 136 cm³/mol. The van der Waals surface area contributed by atoms with Gasteiger partial charge in [-0.2, -0.15) is 0 Å². The molecule has 0 fully saturated rings. The highest BCUT2D eigenvalue weighted by atomic mass is 16.5. The fraction of sp³-hybridized carbons (Fsp3) is 0.481. The smallest absolute Gasteiger partial charge is 0.267 e. The fourth-order valence-electron chi connectivity index (χ4n) is 4.24. The Morgan fingerprint density at radius 2 is 2.14 bits per heavy atom. The summed E-state index contributed by atoms with van der Waals surface area (Å²) in [6.07, 6.45) is 5.40. The molecule has 0 saturated heterocycles. The van der Waals surface area contributed by atoms with Gasteiger partial charge in [-0.1, -0.05) is 6.92 Å². The number of nitrogens with one attached hydrogen (secondary N) is 2. The first-order valence-electron chi connectivity index (χ1n) is 12.6.